The first-order chi connectivity index (χ1) is 54.8. The highest BCUT2D eigenvalue weighted by Gasteiger charge is 2.42. The molecule has 16 aromatic rings. The van der Waals surface area contributed by atoms with E-state index in [4.69, 9.17) is 14.6 Å². The Hall–Kier alpha value is -10.9. The summed E-state index contributed by atoms with van der Waals surface area (Å²) in [5.41, 5.74) is 17.2. The summed E-state index contributed by atoms with van der Waals surface area (Å²) in [6.45, 7) is 53.2. The second kappa shape index (κ2) is 36.7. The molecule has 21 rings (SSSR count). The lowest BCUT2D eigenvalue weighted by atomic mass is 10.0. The molecule has 0 N–H and O–H groups in total. The number of furan rings is 1. The van der Waals surface area contributed by atoms with E-state index in [2.05, 4.69) is 272 Å². The molecule has 0 radical (unpaired) electrons. The topological polar surface area (TPSA) is 152 Å². The molecule has 0 amide bonds. The number of para-hydroxylation sites is 2. The zero-order valence-corrected chi connectivity index (χ0v) is 74.4. The molecule has 19 nitrogen and oxygen atoms in total. The molecule has 0 fully saturated rings. The third kappa shape index (κ3) is 14.7. The minimum Gasteiger partial charge on any atom is -0.456 e. The van der Waals surface area contributed by atoms with Crippen molar-refractivity contribution in [1.29, 1.82) is 0 Å². The average Bonchev–Trinajstić information content (AvgIpc) is 1.59. The van der Waals surface area contributed by atoms with Gasteiger partial charge in [0.05, 0.1) is 57.5 Å². The molecule has 9 aromatic heterocycles. The van der Waals surface area contributed by atoms with Gasteiger partial charge in [0, 0.05) is 154 Å². The van der Waals surface area contributed by atoms with Crippen LogP contribution in [0.4, 0.5) is 0 Å². The van der Waals surface area contributed by atoms with Gasteiger partial charge in [-0.05, 0) is 95.3 Å². The largest absolute Gasteiger partial charge is 0.456 e. The van der Waals surface area contributed by atoms with Gasteiger partial charge in [-0.1, -0.05) is 188 Å². The molecule has 594 valence electrons. The lowest BCUT2D eigenvalue weighted by Gasteiger charge is -2.04. The summed E-state index contributed by atoms with van der Waals surface area (Å²) < 4.78 is 32.4. The molecule has 7 aromatic carbocycles. The van der Waals surface area contributed by atoms with Crippen molar-refractivity contribution < 1.29 is 27.3 Å². The molecule has 14 heterocycles. The molecule has 0 spiro atoms. The van der Waals surface area contributed by atoms with Crippen LogP contribution in [0.5, 0.6) is 0 Å². The predicted molar refractivity (Wildman–Crippen MR) is 467 cm³/mol. The highest BCUT2D eigenvalue weighted by Crippen LogP contribution is 2.46. The third-order valence-corrected chi connectivity index (χ3v) is 22.6. The molecule has 5 aliphatic rings. The first kappa shape index (κ1) is 86.1. The average molecular weight is 1540 g/mol. The van der Waals surface area contributed by atoms with Crippen LogP contribution in [0.3, 0.4) is 0 Å². The van der Waals surface area contributed by atoms with Gasteiger partial charge in [0.15, 0.2) is 0 Å². The van der Waals surface area contributed by atoms with Crippen molar-refractivity contribution in [1.82, 2.24) is 63.4 Å². The van der Waals surface area contributed by atoms with Crippen molar-refractivity contribution in [3.8, 4) is 57.1 Å². The molecule has 0 saturated carbocycles. The number of hydrogen-bond acceptors (Lipinski definition) is 9. The Morgan fingerprint density at radius 1 is 0.354 bits per heavy atom. The summed E-state index contributed by atoms with van der Waals surface area (Å²) in [5, 5.41) is 30.8. The SMILES string of the molecule is CC.CC.CC.CC.CC.CC.CC.CC.Cc1nn(C)c2[n+]1C(C)c1ccccc1-2.Cc1nn2c([n+]1C)-c1cc3c(cc1C2C)c1ccccc1n3C.Cc1nn2c([n+]1C)-c1cc3oc4ccccc4c3cc1C2C.Cc1nn2c([n+]1C)-c1cc3sc4ccccc4c3cc1C2C.Cc1nn2c([n+]1C)-c1ncncc1C2C. The minimum absolute atomic E-state index is 0.232. The fourth-order valence-corrected chi connectivity index (χ4v) is 17.1. The van der Waals surface area contributed by atoms with Gasteiger partial charge in [0.1, 0.15) is 53.4 Å². The Labute approximate surface area is 674 Å². The molecule has 5 unspecified atom stereocenters. The van der Waals surface area contributed by atoms with Crippen molar-refractivity contribution in [3.05, 3.63) is 203 Å². The summed E-state index contributed by atoms with van der Waals surface area (Å²) in [5.74, 6) is 11.1. The smallest absolute Gasteiger partial charge is 0.287 e. The van der Waals surface area contributed by atoms with Crippen LogP contribution in [0, 0.1) is 34.6 Å². The molecular weight excluding hydrogens is 1420 g/mol. The quantitative estimate of drug-likeness (QED) is 0.136. The molecule has 0 bridgehead atoms. The van der Waals surface area contributed by atoms with Gasteiger partial charge in [0.2, 0.25) is 0 Å². The fraction of sp³-hybridized carbons (Fsp3) is 0.398. The van der Waals surface area contributed by atoms with E-state index in [9.17, 15) is 0 Å². The molecular formula is C93H125N18OS+5. The van der Waals surface area contributed by atoms with Crippen molar-refractivity contribution in [2.75, 3.05) is 0 Å². The van der Waals surface area contributed by atoms with Gasteiger partial charge in [-0.15, -0.1) is 30.1 Å². The Bertz CT molecular complexity index is 5820. The number of hydrogen-bond donors (Lipinski definition) is 0. The first-order valence-corrected chi connectivity index (χ1v) is 42.2. The summed E-state index contributed by atoms with van der Waals surface area (Å²) in [6, 6.07) is 49.4. The number of rotatable bonds is 0. The van der Waals surface area contributed by atoms with Crippen LogP contribution in [-0.4, -0.2) is 63.4 Å². The standard InChI is InChI=1S/C19H19N4.C18H16N3O.C18H16N3S.C12H14N3.C10H12N5.8C2H6/c1-11-14-9-15-13-7-5-6-8-17(13)22(4)18(15)10-16(14)19-21(3)12(2)20-23(11)19;2*1-10-13-8-14-12-6-4-5-7-16(12)22-17(14)9-15(13)18-20(3)11(2)19-21(10)18;1-8-10-6-4-5-7-11(10)12-14(3)13-9(2)15(8)12;1-6-8-4-11-5-12-9(8)10-14(3)7(2)13-15(6)10;8*1-2/h5-11H,1-4H3;2*4-10H,1-3H3;4-8H,1-3H3;4-6H,1-3H3;8*1-2H3/q5*+1;;;;;;;;. The van der Waals surface area contributed by atoms with E-state index in [-0.39, 0.29) is 18.1 Å². The van der Waals surface area contributed by atoms with E-state index in [1.54, 1.807) is 6.33 Å². The van der Waals surface area contributed by atoms with Crippen LogP contribution in [0.15, 0.2) is 150 Å². The number of nitrogens with zero attached hydrogens (tertiary/aromatic N) is 18. The lowest BCUT2D eigenvalue weighted by molar-refractivity contribution is -0.700. The molecule has 20 heteroatoms. The Morgan fingerprint density at radius 2 is 0.788 bits per heavy atom. The molecule has 113 heavy (non-hydrogen) atoms. The first-order valence-electron chi connectivity index (χ1n) is 41.4. The minimum atomic E-state index is 0.232. The lowest BCUT2D eigenvalue weighted by Crippen LogP contribution is -2.37. The van der Waals surface area contributed by atoms with Gasteiger partial charge >= 0.3 is 0 Å². The highest BCUT2D eigenvalue weighted by atomic mass is 32.1. The van der Waals surface area contributed by atoms with Gasteiger partial charge < -0.3 is 8.98 Å². The molecule has 0 saturated heterocycles. The van der Waals surface area contributed by atoms with E-state index in [0.717, 1.165) is 63.2 Å². The van der Waals surface area contributed by atoms with Crippen molar-refractivity contribution >= 4 is 75.3 Å². The van der Waals surface area contributed by atoms with E-state index < -0.39 is 0 Å². The zero-order chi connectivity index (χ0) is 83.0. The van der Waals surface area contributed by atoms with Crippen LogP contribution in [0.25, 0.3) is 121 Å². The number of aromatic nitrogens is 18. The van der Waals surface area contributed by atoms with Crippen LogP contribution in [-0.2, 0) is 42.3 Å². The summed E-state index contributed by atoms with van der Waals surface area (Å²) in [7, 11) is 12.4. The summed E-state index contributed by atoms with van der Waals surface area (Å²) in [4.78, 5) is 8.39. The van der Waals surface area contributed by atoms with Crippen LogP contribution < -0.4 is 22.8 Å². The predicted octanol–water partition coefficient (Wildman–Crippen LogP) is 20.9. The third-order valence-electron chi connectivity index (χ3n) is 21.4. The Kier molecular flexibility index (Phi) is 28.0. The van der Waals surface area contributed by atoms with Gasteiger partial charge in [0.25, 0.3) is 58.2 Å². The van der Waals surface area contributed by atoms with E-state index in [1.807, 2.05) is 178 Å². The van der Waals surface area contributed by atoms with Gasteiger partial charge in [-0.25, -0.2) is 32.8 Å². The van der Waals surface area contributed by atoms with Crippen molar-refractivity contribution in [2.45, 2.75) is 210 Å². The maximum Gasteiger partial charge on any atom is 0.287 e. The highest BCUT2D eigenvalue weighted by molar-refractivity contribution is 7.25. The fourth-order valence-electron chi connectivity index (χ4n) is 15.9. The van der Waals surface area contributed by atoms with Gasteiger partial charge in [-0.3, -0.25) is 0 Å². The monoisotopic (exact) mass is 1540 g/mol. The summed E-state index contributed by atoms with van der Waals surface area (Å²) >= 11 is 1.88. The zero-order valence-electron chi connectivity index (χ0n) is 73.6. The summed E-state index contributed by atoms with van der Waals surface area (Å²) in [6.07, 6.45) is 3.46. The molecule has 0 aliphatic carbocycles. The second-order valence-electron chi connectivity index (χ2n) is 26.8. The van der Waals surface area contributed by atoms with Gasteiger partial charge in [-0.2, -0.15) is 0 Å². The van der Waals surface area contributed by atoms with E-state index in [1.165, 1.54) is 115 Å². The Morgan fingerprint density at radius 3 is 1.35 bits per heavy atom. The number of thiophene rings is 1. The van der Waals surface area contributed by atoms with Crippen molar-refractivity contribution in [3.63, 3.8) is 0 Å². The van der Waals surface area contributed by atoms with Crippen molar-refractivity contribution in [2.24, 2.45) is 42.3 Å². The Balaban J connectivity index is 0.000000156. The molecule has 5 atom stereocenters. The number of fused-ring (bicyclic) bond motifs is 24. The van der Waals surface area contributed by atoms with E-state index >= 15 is 0 Å². The van der Waals surface area contributed by atoms with Crippen LogP contribution in [0.1, 0.15) is 233 Å². The van der Waals surface area contributed by atoms with Crippen LogP contribution >= 0.6 is 11.3 Å². The molecule has 5 aliphatic heterocycles. The number of benzene rings is 7. The maximum absolute atomic E-state index is 6.04. The second-order valence-corrected chi connectivity index (χ2v) is 27.8. The number of aryl methyl sites for hydroxylation is 7. The van der Waals surface area contributed by atoms with Crippen LogP contribution in [0.2, 0.25) is 0 Å². The maximum atomic E-state index is 6.04. The normalized spacial score (nSPS) is 14.8. The van der Waals surface area contributed by atoms with E-state index in [0.29, 0.717) is 12.1 Å².